The monoisotopic (exact) mass is 386 g/mol. The molecule has 112 valence electrons. The van der Waals surface area contributed by atoms with E-state index in [2.05, 4.69) is 27.9 Å². The summed E-state index contributed by atoms with van der Waals surface area (Å²) in [6.07, 6.45) is 0. The molecule has 0 amide bonds. The minimum Gasteiger partial charge on any atom is -0.329 e. The highest BCUT2D eigenvalue weighted by molar-refractivity contribution is 9.10. The molecule has 0 saturated carbocycles. The van der Waals surface area contributed by atoms with E-state index in [0.717, 1.165) is 21.6 Å². The molecule has 0 bridgehead atoms. The number of hydrogen-bond donors (Lipinski definition) is 1. The first-order chi connectivity index (χ1) is 10.0. The highest BCUT2D eigenvalue weighted by atomic mass is 79.9. The Kier molecular flexibility index (Phi) is 6.08. The zero-order valence-corrected chi connectivity index (χ0v) is 14.8. The van der Waals surface area contributed by atoms with E-state index in [1.54, 1.807) is 0 Å². The van der Waals surface area contributed by atoms with Crippen molar-refractivity contribution in [1.29, 1.82) is 0 Å². The number of benzene rings is 2. The van der Waals surface area contributed by atoms with Gasteiger partial charge >= 0.3 is 0 Å². The Morgan fingerprint density at radius 1 is 1.14 bits per heavy atom. The van der Waals surface area contributed by atoms with Gasteiger partial charge in [0.05, 0.1) is 5.02 Å². The first kappa shape index (κ1) is 16.8. The van der Waals surface area contributed by atoms with Gasteiger partial charge in [-0.05, 0) is 58.4 Å². The van der Waals surface area contributed by atoms with Crippen LogP contribution in [0, 0.1) is 0 Å². The van der Waals surface area contributed by atoms with E-state index in [1.807, 2.05) is 42.5 Å². The first-order valence-electron chi connectivity index (χ1n) is 6.61. The van der Waals surface area contributed by atoms with Crippen LogP contribution in [0.5, 0.6) is 0 Å². The maximum Gasteiger partial charge on any atom is 0.0551 e. The predicted octanol–water partition coefficient (Wildman–Crippen LogP) is 4.89. The third kappa shape index (κ3) is 4.44. The van der Waals surface area contributed by atoms with Gasteiger partial charge < -0.3 is 5.73 Å². The van der Waals surface area contributed by atoms with E-state index in [-0.39, 0.29) is 6.04 Å². The van der Waals surface area contributed by atoms with Gasteiger partial charge in [0.25, 0.3) is 0 Å². The van der Waals surface area contributed by atoms with Crippen molar-refractivity contribution in [2.24, 2.45) is 5.73 Å². The lowest BCUT2D eigenvalue weighted by Crippen LogP contribution is -2.30. The van der Waals surface area contributed by atoms with Gasteiger partial charge in [0, 0.05) is 28.6 Å². The van der Waals surface area contributed by atoms with Crippen molar-refractivity contribution in [2.75, 3.05) is 13.6 Å². The molecule has 0 aliphatic heterocycles. The lowest BCUT2D eigenvalue weighted by atomic mass is 10.0. The van der Waals surface area contributed by atoms with Crippen molar-refractivity contribution in [3.8, 4) is 0 Å². The summed E-state index contributed by atoms with van der Waals surface area (Å²) in [4.78, 5) is 2.21. The van der Waals surface area contributed by atoms with Crippen LogP contribution in [-0.4, -0.2) is 18.5 Å². The molecule has 0 aromatic heterocycles. The van der Waals surface area contributed by atoms with Crippen LogP contribution >= 0.6 is 39.1 Å². The van der Waals surface area contributed by atoms with Crippen LogP contribution in [0.25, 0.3) is 0 Å². The Bertz CT molecular complexity index is 602. The van der Waals surface area contributed by atoms with Crippen molar-refractivity contribution < 1.29 is 0 Å². The molecule has 1 atom stereocenters. The van der Waals surface area contributed by atoms with Crippen LogP contribution in [0.4, 0.5) is 0 Å². The summed E-state index contributed by atoms with van der Waals surface area (Å²) in [5.41, 5.74) is 8.26. The van der Waals surface area contributed by atoms with Gasteiger partial charge in [-0.15, -0.1) is 0 Å². The second kappa shape index (κ2) is 7.61. The summed E-state index contributed by atoms with van der Waals surface area (Å²) in [5, 5.41) is 1.45. The second-order valence-corrected chi connectivity index (χ2v) is 6.66. The lowest BCUT2D eigenvalue weighted by molar-refractivity contribution is 0.242. The molecule has 0 radical (unpaired) electrons. The van der Waals surface area contributed by atoms with Crippen LogP contribution in [-0.2, 0) is 6.54 Å². The van der Waals surface area contributed by atoms with Crippen LogP contribution < -0.4 is 5.73 Å². The maximum atomic E-state index is 6.18. The largest absolute Gasteiger partial charge is 0.329 e. The van der Waals surface area contributed by atoms with Crippen molar-refractivity contribution >= 4 is 39.1 Å². The molecule has 2 N–H and O–H groups in total. The lowest BCUT2D eigenvalue weighted by Gasteiger charge is -2.27. The van der Waals surface area contributed by atoms with E-state index in [0.29, 0.717) is 11.6 Å². The molecule has 0 saturated heterocycles. The van der Waals surface area contributed by atoms with Crippen LogP contribution in [0.15, 0.2) is 46.9 Å². The fraction of sp³-hybridized carbons (Fsp3) is 0.250. The molecule has 0 aliphatic carbocycles. The van der Waals surface area contributed by atoms with Gasteiger partial charge in [-0.1, -0.05) is 41.4 Å². The number of halogens is 3. The number of hydrogen-bond acceptors (Lipinski definition) is 2. The molecule has 2 nitrogen and oxygen atoms in total. The summed E-state index contributed by atoms with van der Waals surface area (Å²) >= 11 is 15.5. The maximum absolute atomic E-state index is 6.18. The minimum atomic E-state index is 0.117. The van der Waals surface area contributed by atoms with Crippen LogP contribution in [0.2, 0.25) is 10.0 Å². The fourth-order valence-electron chi connectivity index (χ4n) is 2.28. The van der Waals surface area contributed by atoms with Gasteiger partial charge in [0.1, 0.15) is 0 Å². The van der Waals surface area contributed by atoms with E-state index in [1.165, 1.54) is 5.56 Å². The molecular formula is C16H17BrCl2N2. The van der Waals surface area contributed by atoms with Gasteiger partial charge in [0.2, 0.25) is 0 Å². The van der Waals surface area contributed by atoms with E-state index >= 15 is 0 Å². The Labute approximate surface area is 144 Å². The Morgan fingerprint density at radius 2 is 1.81 bits per heavy atom. The predicted molar refractivity (Wildman–Crippen MR) is 93.9 cm³/mol. The Balaban J connectivity index is 2.15. The fourth-order valence-corrected chi connectivity index (χ4v) is 2.84. The quantitative estimate of drug-likeness (QED) is 0.791. The van der Waals surface area contributed by atoms with Gasteiger partial charge in [0.15, 0.2) is 0 Å². The molecular weight excluding hydrogens is 371 g/mol. The average molecular weight is 388 g/mol. The van der Waals surface area contributed by atoms with Crippen LogP contribution in [0.1, 0.15) is 17.2 Å². The third-order valence-corrected chi connectivity index (χ3v) is 4.91. The van der Waals surface area contributed by atoms with Crippen molar-refractivity contribution in [3.05, 3.63) is 68.1 Å². The number of nitrogens with zero attached hydrogens (tertiary/aromatic N) is 1. The molecule has 0 aliphatic rings. The highest BCUT2D eigenvalue weighted by Gasteiger charge is 2.16. The van der Waals surface area contributed by atoms with Gasteiger partial charge in [-0.3, -0.25) is 4.90 Å². The second-order valence-electron chi connectivity index (χ2n) is 4.97. The van der Waals surface area contributed by atoms with Gasteiger partial charge in [-0.2, -0.15) is 0 Å². The molecule has 21 heavy (non-hydrogen) atoms. The summed E-state index contributed by atoms with van der Waals surface area (Å²) in [5.74, 6) is 0. The summed E-state index contributed by atoms with van der Waals surface area (Å²) in [7, 11) is 2.06. The molecule has 1 unspecified atom stereocenters. The molecule has 0 fully saturated rings. The van der Waals surface area contributed by atoms with E-state index < -0.39 is 0 Å². The SMILES string of the molecule is CN(Cc1ccc(Cl)cc1)C(CN)c1ccc(Br)c(Cl)c1. The highest BCUT2D eigenvalue weighted by Crippen LogP contribution is 2.28. The number of nitrogens with two attached hydrogens (primary N) is 1. The van der Waals surface area contributed by atoms with Gasteiger partial charge in [-0.25, -0.2) is 0 Å². The van der Waals surface area contributed by atoms with Crippen LogP contribution in [0.3, 0.4) is 0 Å². The normalized spacial score (nSPS) is 12.7. The molecule has 0 spiro atoms. The summed E-state index contributed by atoms with van der Waals surface area (Å²) < 4.78 is 0.893. The molecule has 5 heteroatoms. The summed E-state index contributed by atoms with van der Waals surface area (Å²) in [6.45, 7) is 1.33. The Morgan fingerprint density at radius 3 is 2.38 bits per heavy atom. The molecule has 2 rings (SSSR count). The van der Waals surface area contributed by atoms with E-state index in [4.69, 9.17) is 28.9 Å². The average Bonchev–Trinajstić information content (AvgIpc) is 2.46. The third-order valence-electron chi connectivity index (χ3n) is 3.43. The van der Waals surface area contributed by atoms with Crippen molar-refractivity contribution in [2.45, 2.75) is 12.6 Å². The molecule has 2 aromatic carbocycles. The molecule has 0 heterocycles. The number of likely N-dealkylation sites (N-methyl/N-ethyl adjacent to an activating group) is 1. The zero-order valence-electron chi connectivity index (χ0n) is 11.7. The smallest absolute Gasteiger partial charge is 0.0551 e. The standard InChI is InChI=1S/C16H17BrCl2N2/c1-21(10-11-2-5-13(18)6-3-11)16(9-20)12-4-7-14(17)15(19)8-12/h2-8,16H,9-10,20H2,1H3. The first-order valence-corrected chi connectivity index (χ1v) is 8.16. The summed E-state index contributed by atoms with van der Waals surface area (Å²) in [6, 6.07) is 13.9. The zero-order chi connectivity index (χ0) is 15.4. The van der Waals surface area contributed by atoms with E-state index in [9.17, 15) is 0 Å². The van der Waals surface area contributed by atoms with Crippen molar-refractivity contribution in [3.63, 3.8) is 0 Å². The Hall–Kier alpha value is -0.580. The number of rotatable bonds is 5. The topological polar surface area (TPSA) is 29.3 Å². The molecule has 2 aromatic rings. The van der Waals surface area contributed by atoms with Crippen molar-refractivity contribution in [1.82, 2.24) is 4.90 Å². The minimum absolute atomic E-state index is 0.117.